The van der Waals surface area contributed by atoms with Crippen LogP contribution in [0.2, 0.25) is 5.02 Å². The number of hydrogen-bond donors (Lipinski definition) is 1. The van der Waals surface area contributed by atoms with Gasteiger partial charge in [0, 0.05) is 35.9 Å². The van der Waals surface area contributed by atoms with Gasteiger partial charge in [0.1, 0.15) is 5.82 Å². The Morgan fingerprint density at radius 2 is 2.00 bits per heavy atom. The molecule has 0 radical (unpaired) electrons. The fraction of sp³-hybridized carbons (Fsp3) is 0.353. The summed E-state index contributed by atoms with van der Waals surface area (Å²) in [6.07, 6.45) is 1.82. The van der Waals surface area contributed by atoms with Crippen LogP contribution in [-0.4, -0.2) is 23.5 Å². The van der Waals surface area contributed by atoms with Crippen LogP contribution in [0.4, 0.5) is 5.82 Å². The van der Waals surface area contributed by atoms with Gasteiger partial charge in [-0.05, 0) is 38.6 Å². The lowest BCUT2D eigenvalue weighted by molar-refractivity contribution is 0.253. The van der Waals surface area contributed by atoms with Crippen molar-refractivity contribution in [2.24, 2.45) is 0 Å². The molecule has 3 nitrogen and oxygen atoms in total. The smallest absolute Gasteiger partial charge is 0.130 e. The lowest BCUT2D eigenvalue weighted by Gasteiger charge is -2.26. The van der Waals surface area contributed by atoms with Crippen molar-refractivity contribution in [1.29, 1.82) is 0 Å². The summed E-state index contributed by atoms with van der Waals surface area (Å²) in [7, 11) is 2.11. The highest BCUT2D eigenvalue weighted by Crippen LogP contribution is 2.27. The highest BCUT2D eigenvalue weighted by Gasteiger charge is 2.16. The molecule has 0 aliphatic heterocycles. The van der Waals surface area contributed by atoms with Crippen LogP contribution in [0.25, 0.3) is 0 Å². The number of nitrogens with zero attached hydrogens (tertiary/aromatic N) is 2. The van der Waals surface area contributed by atoms with E-state index in [1.54, 1.807) is 0 Å². The van der Waals surface area contributed by atoms with Crippen molar-refractivity contribution in [3.05, 3.63) is 58.7 Å². The Morgan fingerprint density at radius 1 is 1.24 bits per heavy atom. The average Bonchev–Trinajstić information content (AvgIpc) is 2.49. The van der Waals surface area contributed by atoms with Gasteiger partial charge in [0.2, 0.25) is 0 Å². The van der Waals surface area contributed by atoms with E-state index in [4.69, 9.17) is 11.6 Å². The fourth-order valence-electron chi connectivity index (χ4n) is 2.35. The Balaban J connectivity index is 2.14. The summed E-state index contributed by atoms with van der Waals surface area (Å²) in [5.41, 5.74) is 2.34. The molecule has 1 N–H and O–H groups in total. The third kappa shape index (κ3) is 3.96. The molecule has 0 fully saturated rings. The fourth-order valence-corrected chi connectivity index (χ4v) is 2.64. The molecule has 0 aliphatic rings. The highest BCUT2D eigenvalue weighted by atomic mass is 35.5. The number of rotatable bonds is 6. The number of hydrogen-bond acceptors (Lipinski definition) is 3. The van der Waals surface area contributed by atoms with Crippen molar-refractivity contribution < 1.29 is 0 Å². The van der Waals surface area contributed by atoms with E-state index in [2.05, 4.69) is 48.2 Å². The van der Waals surface area contributed by atoms with E-state index in [1.165, 1.54) is 5.56 Å². The van der Waals surface area contributed by atoms with Crippen molar-refractivity contribution in [1.82, 2.24) is 9.88 Å². The van der Waals surface area contributed by atoms with E-state index in [-0.39, 0.29) is 6.04 Å². The quantitative estimate of drug-likeness (QED) is 0.859. The lowest BCUT2D eigenvalue weighted by Crippen LogP contribution is -2.23. The summed E-state index contributed by atoms with van der Waals surface area (Å²) in [6, 6.07) is 12.3. The number of aromatic nitrogens is 1. The van der Waals surface area contributed by atoms with Gasteiger partial charge in [-0.15, -0.1) is 0 Å². The molecule has 1 heterocycles. The normalized spacial score (nSPS) is 12.4. The maximum absolute atomic E-state index is 6.30. The Kier molecular flexibility index (Phi) is 5.59. The SMILES string of the molecule is CCNc1ncccc1CN(C)C(C)c1ccccc1Cl. The Bertz CT molecular complexity index is 586. The molecular formula is C17H22ClN3. The molecule has 2 rings (SSSR count). The first-order valence-corrected chi connectivity index (χ1v) is 7.63. The summed E-state index contributed by atoms with van der Waals surface area (Å²) < 4.78 is 0. The number of nitrogens with one attached hydrogen (secondary N) is 1. The third-order valence-electron chi connectivity index (χ3n) is 3.67. The van der Waals surface area contributed by atoms with E-state index in [9.17, 15) is 0 Å². The Morgan fingerprint density at radius 3 is 2.71 bits per heavy atom. The predicted molar refractivity (Wildman–Crippen MR) is 89.7 cm³/mol. The molecule has 0 spiro atoms. The minimum Gasteiger partial charge on any atom is -0.370 e. The Hall–Kier alpha value is -1.58. The summed E-state index contributed by atoms with van der Waals surface area (Å²) in [5, 5.41) is 4.12. The van der Waals surface area contributed by atoms with Gasteiger partial charge >= 0.3 is 0 Å². The molecule has 0 bridgehead atoms. The molecule has 0 saturated heterocycles. The van der Waals surface area contributed by atoms with Gasteiger partial charge in [-0.1, -0.05) is 35.9 Å². The minimum atomic E-state index is 0.244. The van der Waals surface area contributed by atoms with Crippen molar-refractivity contribution in [3.63, 3.8) is 0 Å². The summed E-state index contributed by atoms with van der Waals surface area (Å²) in [6.45, 7) is 5.94. The zero-order chi connectivity index (χ0) is 15.2. The van der Waals surface area contributed by atoms with Gasteiger partial charge < -0.3 is 5.32 Å². The molecule has 1 aromatic carbocycles. The van der Waals surface area contributed by atoms with Crippen molar-refractivity contribution >= 4 is 17.4 Å². The van der Waals surface area contributed by atoms with Crippen LogP contribution in [0, 0.1) is 0 Å². The second-order valence-electron chi connectivity index (χ2n) is 5.15. The zero-order valence-electron chi connectivity index (χ0n) is 12.8. The average molecular weight is 304 g/mol. The van der Waals surface area contributed by atoms with Crippen molar-refractivity contribution in [2.45, 2.75) is 26.4 Å². The largest absolute Gasteiger partial charge is 0.370 e. The molecular weight excluding hydrogens is 282 g/mol. The van der Waals surface area contributed by atoms with Gasteiger partial charge in [-0.25, -0.2) is 4.98 Å². The molecule has 2 aromatic rings. The van der Waals surface area contributed by atoms with Gasteiger partial charge in [0.05, 0.1) is 0 Å². The molecule has 0 saturated carbocycles. The monoisotopic (exact) mass is 303 g/mol. The standard InChI is InChI=1S/C17H22ClN3/c1-4-19-17-14(8-7-11-20-17)12-21(3)13(2)15-9-5-6-10-16(15)18/h5-11,13H,4,12H2,1-3H3,(H,19,20). The van der Waals surface area contributed by atoms with Crippen LogP contribution >= 0.6 is 11.6 Å². The number of halogens is 1. The molecule has 1 atom stereocenters. The number of pyridine rings is 1. The van der Waals surface area contributed by atoms with E-state index >= 15 is 0 Å². The summed E-state index contributed by atoms with van der Waals surface area (Å²) in [4.78, 5) is 6.68. The first-order valence-electron chi connectivity index (χ1n) is 7.26. The zero-order valence-corrected chi connectivity index (χ0v) is 13.6. The topological polar surface area (TPSA) is 28.2 Å². The van der Waals surface area contributed by atoms with Crippen molar-refractivity contribution in [3.8, 4) is 0 Å². The van der Waals surface area contributed by atoms with Gasteiger partial charge in [0.25, 0.3) is 0 Å². The molecule has 21 heavy (non-hydrogen) atoms. The van der Waals surface area contributed by atoms with Crippen LogP contribution < -0.4 is 5.32 Å². The highest BCUT2D eigenvalue weighted by molar-refractivity contribution is 6.31. The van der Waals surface area contributed by atoms with Crippen LogP contribution in [0.1, 0.15) is 31.0 Å². The molecule has 112 valence electrons. The van der Waals surface area contributed by atoms with E-state index in [0.717, 1.165) is 29.5 Å². The maximum Gasteiger partial charge on any atom is 0.130 e. The number of anilines is 1. The van der Waals surface area contributed by atoms with Crippen molar-refractivity contribution in [2.75, 3.05) is 18.9 Å². The second kappa shape index (κ2) is 7.43. The van der Waals surface area contributed by atoms with Crippen LogP contribution in [0.15, 0.2) is 42.6 Å². The second-order valence-corrected chi connectivity index (χ2v) is 5.56. The molecule has 0 amide bonds. The van der Waals surface area contributed by atoms with Gasteiger partial charge in [-0.3, -0.25) is 4.90 Å². The van der Waals surface area contributed by atoms with E-state index in [1.807, 2.05) is 30.5 Å². The first-order chi connectivity index (χ1) is 10.1. The van der Waals surface area contributed by atoms with Crippen LogP contribution in [0.5, 0.6) is 0 Å². The third-order valence-corrected chi connectivity index (χ3v) is 4.02. The molecule has 4 heteroatoms. The van der Waals surface area contributed by atoms with E-state index < -0.39 is 0 Å². The molecule has 1 aromatic heterocycles. The lowest BCUT2D eigenvalue weighted by atomic mass is 10.1. The minimum absolute atomic E-state index is 0.244. The van der Waals surface area contributed by atoms with Crippen LogP contribution in [-0.2, 0) is 6.54 Å². The molecule has 1 unspecified atom stereocenters. The number of benzene rings is 1. The summed E-state index contributed by atoms with van der Waals surface area (Å²) in [5.74, 6) is 0.957. The van der Waals surface area contributed by atoms with Crippen LogP contribution in [0.3, 0.4) is 0 Å². The predicted octanol–water partition coefficient (Wildman–Crippen LogP) is 4.36. The summed E-state index contributed by atoms with van der Waals surface area (Å²) >= 11 is 6.30. The first kappa shape index (κ1) is 15.8. The van der Waals surface area contributed by atoms with E-state index in [0.29, 0.717) is 0 Å². The van der Waals surface area contributed by atoms with Gasteiger partial charge in [-0.2, -0.15) is 0 Å². The van der Waals surface area contributed by atoms with Gasteiger partial charge in [0.15, 0.2) is 0 Å². The maximum atomic E-state index is 6.30. The molecule has 0 aliphatic carbocycles. The Labute approximate surface area is 132 Å².